The van der Waals surface area contributed by atoms with E-state index in [2.05, 4.69) is 5.32 Å². The van der Waals surface area contributed by atoms with E-state index in [4.69, 9.17) is 16.7 Å². The highest BCUT2D eigenvalue weighted by Crippen LogP contribution is 2.18. The summed E-state index contributed by atoms with van der Waals surface area (Å²) in [5, 5.41) is 7.95. The van der Waals surface area contributed by atoms with Crippen molar-refractivity contribution >= 4 is 27.5 Å². The van der Waals surface area contributed by atoms with Gasteiger partial charge in [0.2, 0.25) is 10.0 Å². The van der Waals surface area contributed by atoms with Crippen LogP contribution in [0.5, 0.6) is 0 Å². The zero-order valence-corrected chi connectivity index (χ0v) is 12.4. The number of amides is 1. The van der Waals surface area contributed by atoms with Crippen molar-refractivity contribution in [1.82, 2.24) is 5.32 Å². The molecule has 5 nitrogen and oxygen atoms in total. The van der Waals surface area contributed by atoms with Crippen LogP contribution in [-0.4, -0.2) is 20.4 Å². The fraction of sp³-hybridized carbons (Fsp3) is 0.417. The van der Waals surface area contributed by atoms with Crippen LogP contribution in [-0.2, 0) is 10.0 Å². The molecule has 3 N–H and O–H groups in total. The highest BCUT2D eigenvalue weighted by atomic mass is 35.5. The summed E-state index contributed by atoms with van der Waals surface area (Å²) in [6.07, 6.45) is 1.79. The highest BCUT2D eigenvalue weighted by Gasteiger charge is 2.15. The Morgan fingerprint density at radius 2 is 2.05 bits per heavy atom. The molecule has 106 valence electrons. The third-order valence-electron chi connectivity index (χ3n) is 2.56. The van der Waals surface area contributed by atoms with Crippen molar-refractivity contribution in [3.05, 3.63) is 28.8 Å². The van der Waals surface area contributed by atoms with Gasteiger partial charge >= 0.3 is 0 Å². The summed E-state index contributed by atoms with van der Waals surface area (Å²) in [5.41, 5.74) is 0.180. The van der Waals surface area contributed by atoms with Crippen molar-refractivity contribution in [3.63, 3.8) is 0 Å². The zero-order valence-electron chi connectivity index (χ0n) is 10.8. The van der Waals surface area contributed by atoms with E-state index in [1.807, 2.05) is 13.8 Å². The van der Waals surface area contributed by atoms with Gasteiger partial charge in [-0.3, -0.25) is 4.79 Å². The first-order valence-corrected chi connectivity index (χ1v) is 7.80. The van der Waals surface area contributed by atoms with Gasteiger partial charge in [0.1, 0.15) is 0 Å². The summed E-state index contributed by atoms with van der Waals surface area (Å²) >= 11 is 5.80. The number of sulfonamides is 1. The Hall–Kier alpha value is -1.11. The van der Waals surface area contributed by atoms with Gasteiger partial charge in [0.15, 0.2) is 0 Å². The number of benzene rings is 1. The molecule has 1 rings (SSSR count). The van der Waals surface area contributed by atoms with Crippen LogP contribution in [0.4, 0.5) is 0 Å². The molecular formula is C12H17ClN2O3S. The third kappa shape index (κ3) is 4.81. The number of primary sulfonamides is 1. The molecule has 1 aromatic carbocycles. The number of rotatable bonds is 5. The largest absolute Gasteiger partial charge is 0.350 e. The van der Waals surface area contributed by atoms with E-state index in [1.54, 1.807) is 0 Å². The van der Waals surface area contributed by atoms with Gasteiger partial charge in [-0.15, -0.1) is 0 Å². The van der Waals surface area contributed by atoms with Crippen LogP contribution >= 0.6 is 11.6 Å². The minimum atomic E-state index is -3.88. The van der Waals surface area contributed by atoms with Crippen LogP contribution in [0.1, 0.15) is 37.0 Å². The lowest BCUT2D eigenvalue weighted by Crippen LogP contribution is -2.32. The first-order valence-electron chi connectivity index (χ1n) is 5.88. The molecule has 19 heavy (non-hydrogen) atoms. The zero-order chi connectivity index (χ0) is 14.6. The van der Waals surface area contributed by atoms with Crippen LogP contribution in [0.15, 0.2) is 23.1 Å². The Bertz CT molecular complexity index is 572. The number of hydrogen-bond acceptors (Lipinski definition) is 3. The Morgan fingerprint density at radius 3 is 2.58 bits per heavy atom. The van der Waals surface area contributed by atoms with Crippen LogP contribution in [0, 0.1) is 0 Å². The average Bonchev–Trinajstić information content (AvgIpc) is 2.27. The monoisotopic (exact) mass is 304 g/mol. The second kappa shape index (κ2) is 6.36. The summed E-state index contributed by atoms with van der Waals surface area (Å²) < 4.78 is 22.5. The number of halogens is 1. The average molecular weight is 305 g/mol. The molecule has 0 bridgehead atoms. The molecular weight excluding hydrogens is 288 g/mol. The van der Waals surface area contributed by atoms with Crippen molar-refractivity contribution in [2.45, 2.75) is 37.6 Å². The minimum absolute atomic E-state index is 0.00872. The minimum Gasteiger partial charge on any atom is -0.350 e. The number of hydrogen-bond donors (Lipinski definition) is 2. The van der Waals surface area contributed by atoms with Crippen LogP contribution < -0.4 is 10.5 Å². The van der Waals surface area contributed by atoms with Gasteiger partial charge < -0.3 is 5.32 Å². The van der Waals surface area contributed by atoms with Gasteiger partial charge in [-0.1, -0.05) is 24.9 Å². The van der Waals surface area contributed by atoms with Crippen LogP contribution in [0.3, 0.4) is 0 Å². The van der Waals surface area contributed by atoms with Gasteiger partial charge in [0, 0.05) is 16.6 Å². The Kier molecular flexibility index (Phi) is 5.34. The second-order valence-electron chi connectivity index (χ2n) is 4.38. The van der Waals surface area contributed by atoms with Crippen molar-refractivity contribution < 1.29 is 13.2 Å². The molecule has 1 aromatic rings. The quantitative estimate of drug-likeness (QED) is 0.870. The summed E-state index contributed by atoms with van der Waals surface area (Å²) in [6.45, 7) is 3.90. The van der Waals surface area contributed by atoms with E-state index >= 15 is 0 Å². The van der Waals surface area contributed by atoms with Crippen LogP contribution in [0.2, 0.25) is 5.02 Å². The fourth-order valence-corrected chi connectivity index (χ4v) is 2.55. The third-order valence-corrected chi connectivity index (χ3v) is 3.67. The van der Waals surface area contributed by atoms with E-state index in [-0.39, 0.29) is 27.4 Å². The molecule has 1 amide bonds. The molecule has 0 heterocycles. The van der Waals surface area contributed by atoms with Gasteiger partial charge in [-0.2, -0.15) is 0 Å². The highest BCUT2D eigenvalue weighted by molar-refractivity contribution is 7.89. The molecule has 0 aliphatic rings. The van der Waals surface area contributed by atoms with E-state index in [0.717, 1.165) is 12.8 Å². The lowest BCUT2D eigenvalue weighted by molar-refractivity contribution is 0.0938. The number of carbonyl (C=O) groups excluding carboxylic acids is 1. The van der Waals surface area contributed by atoms with Crippen molar-refractivity contribution in [3.8, 4) is 0 Å². The molecule has 0 radical (unpaired) electrons. The summed E-state index contributed by atoms with van der Waals surface area (Å²) in [6, 6.07) is 3.84. The van der Waals surface area contributed by atoms with Gasteiger partial charge in [0.05, 0.1) is 4.90 Å². The molecule has 1 atom stereocenters. The first kappa shape index (κ1) is 15.9. The molecule has 7 heteroatoms. The Labute approximate surface area is 118 Å². The molecule has 0 aliphatic carbocycles. The van der Waals surface area contributed by atoms with Gasteiger partial charge in [0.25, 0.3) is 5.91 Å². The van der Waals surface area contributed by atoms with Crippen LogP contribution in [0.25, 0.3) is 0 Å². The summed E-state index contributed by atoms with van der Waals surface area (Å²) in [7, 11) is -3.88. The summed E-state index contributed by atoms with van der Waals surface area (Å²) in [4.78, 5) is 11.8. The lowest BCUT2D eigenvalue weighted by atomic mass is 10.1. The molecule has 0 fully saturated rings. The number of nitrogens with two attached hydrogens (primary N) is 1. The number of nitrogens with one attached hydrogen (secondary N) is 1. The van der Waals surface area contributed by atoms with E-state index < -0.39 is 10.0 Å². The molecule has 0 saturated carbocycles. The van der Waals surface area contributed by atoms with Crippen molar-refractivity contribution in [2.75, 3.05) is 0 Å². The SMILES string of the molecule is CCCC(C)NC(=O)c1cc(Cl)cc(S(N)(=O)=O)c1. The maximum atomic E-state index is 12.0. The van der Waals surface area contributed by atoms with E-state index in [0.29, 0.717) is 0 Å². The maximum Gasteiger partial charge on any atom is 0.251 e. The van der Waals surface area contributed by atoms with E-state index in [1.165, 1.54) is 18.2 Å². The number of carbonyl (C=O) groups is 1. The smallest absolute Gasteiger partial charge is 0.251 e. The summed E-state index contributed by atoms with van der Waals surface area (Å²) in [5.74, 6) is -0.367. The first-order chi connectivity index (χ1) is 8.74. The predicted octanol–water partition coefficient (Wildman–Crippen LogP) is 1.91. The van der Waals surface area contributed by atoms with Crippen molar-refractivity contribution in [1.29, 1.82) is 0 Å². The van der Waals surface area contributed by atoms with Crippen molar-refractivity contribution in [2.24, 2.45) is 5.14 Å². The van der Waals surface area contributed by atoms with Gasteiger partial charge in [-0.05, 0) is 31.5 Å². The molecule has 0 saturated heterocycles. The van der Waals surface area contributed by atoms with E-state index in [9.17, 15) is 13.2 Å². The lowest BCUT2D eigenvalue weighted by Gasteiger charge is -2.13. The second-order valence-corrected chi connectivity index (χ2v) is 6.38. The predicted molar refractivity (Wildman–Crippen MR) is 74.7 cm³/mol. The normalized spacial score (nSPS) is 13.1. The molecule has 0 aromatic heterocycles. The Balaban J connectivity index is 3.01. The Morgan fingerprint density at radius 1 is 1.42 bits per heavy atom. The molecule has 0 aliphatic heterocycles. The molecule has 1 unspecified atom stereocenters. The standard InChI is InChI=1S/C12H17ClN2O3S/c1-3-4-8(2)15-12(16)9-5-10(13)7-11(6-9)19(14,17)18/h5-8H,3-4H2,1-2H3,(H,15,16)(H2,14,17,18). The maximum absolute atomic E-state index is 12.0. The topological polar surface area (TPSA) is 89.3 Å². The van der Waals surface area contributed by atoms with Gasteiger partial charge in [-0.25, -0.2) is 13.6 Å². The molecule has 0 spiro atoms. The fourth-order valence-electron chi connectivity index (χ4n) is 1.67.